The highest BCUT2D eigenvalue weighted by Crippen LogP contribution is 2.41. The molecule has 1 fully saturated rings. The molecular weight excluding hydrogens is 288 g/mol. The molecule has 3 rings (SSSR count). The smallest absolute Gasteiger partial charge is 0.337 e. The predicted octanol–water partition coefficient (Wildman–Crippen LogP) is 2.38. The second-order valence-electron chi connectivity index (χ2n) is 5.31. The van der Waals surface area contributed by atoms with Crippen molar-refractivity contribution in [2.75, 3.05) is 11.5 Å². The van der Waals surface area contributed by atoms with E-state index in [1.54, 1.807) is 12.1 Å². The van der Waals surface area contributed by atoms with Crippen LogP contribution in [0.4, 0.5) is 0 Å². The molecule has 112 valence electrons. The number of carbonyl (C=O) groups is 1. The largest absolute Gasteiger partial charge is 0.478 e. The van der Waals surface area contributed by atoms with Crippen LogP contribution in [0.3, 0.4) is 0 Å². The van der Waals surface area contributed by atoms with Gasteiger partial charge in [0.05, 0.1) is 16.6 Å². The Morgan fingerprint density at radius 2 is 2.24 bits per heavy atom. The summed E-state index contributed by atoms with van der Waals surface area (Å²) in [6, 6.07) is 5.18. The number of nitrogens with zero attached hydrogens (tertiary/aromatic N) is 2. The molecule has 2 aromatic rings. The number of fused-ring (bicyclic) bond motifs is 1. The highest BCUT2D eigenvalue weighted by molar-refractivity contribution is 7.84. The molecule has 1 N–H and O–H groups in total. The van der Waals surface area contributed by atoms with Crippen LogP contribution >= 0.6 is 0 Å². The van der Waals surface area contributed by atoms with Crippen molar-refractivity contribution in [3.8, 4) is 0 Å². The molecule has 21 heavy (non-hydrogen) atoms. The Hall–Kier alpha value is -1.69. The Morgan fingerprint density at radius 3 is 2.86 bits per heavy atom. The first-order valence-corrected chi connectivity index (χ1v) is 8.68. The van der Waals surface area contributed by atoms with Gasteiger partial charge in [-0.25, -0.2) is 9.78 Å². The molecule has 0 amide bonds. The summed E-state index contributed by atoms with van der Waals surface area (Å²) in [5.41, 5.74) is 1.66. The lowest BCUT2D eigenvalue weighted by Gasteiger charge is -2.09. The van der Waals surface area contributed by atoms with Gasteiger partial charge in [-0.15, -0.1) is 0 Å². The van der Waals surface area contributed by atoms with Gasteiger partial charge in [-0.3, -0.25) is 4.21 Å². The molecule has 1 aromatic carbocycles. The van der Waals surface area contributed by atoms with Crippen LogP contribution in [0.5, 0.6) is 0 Å². The molecule has 1 heterocycles. The normalized spacial score (nSPS) is 16.2. The van der Waals surface area contributed by atoms with E-state index in [0.29, 0.717) is 29.5 Å². The van der Waals surface area contributed by atoms with Crippen molar-refractivity contribution in [1.82, 2.24) is 9.55 Å². The predicted molar refractivity (Wildman–Crippen MR) is 82.2 cm³/mol. The number of hydrogen-bond donors (Lipinski definition) is 1. The second-order valence-corrected chi connectivity index (χ2v) is 7.17. The van der Waals surface area contributed by atoms with E-state index in [0.717, 1.165) is 24.2 Å². The maximum Gasteiger partial charge on any atom is 0.337 e. The van der Waals surface area contributed by atoms with E-state index in [1.165, 1.54) is 0 Å². The molecule has 0 spiro atoms. The third-order valence-corrected chi connectivity index (χ3v) is 5.12. The van der Waals surface area contributed by atoms with E-state index >= 15 is 0 Å². The van der Waals surface area contributed by atoms with Crippen molar-refractivity contribution in [3.05, 3.63) is 29.6 Å². The summed E-state index contributed by atoms with van der Waals surface area (Å²) in [5.74, 6) is 1.59. The number of benzene rings is 1. The minimum atomic E-state index is -0.944. The van der Waals surface area contributed by atoms with E-state index < -0.39 is 16.8 Å². The van der Waals surface area contributed by atoms with E-state index in [2.05, 4.69) is 4.98 Å². The number of para-hydroxylation sites is 1. The minimum Gasteiger partial charge on any atom is -0.478 e. The summed E-state index contributed by atoms with van der Waals surface area (Å²) < 4.78 is 13.7. The van der Waals surface area contributed by atoms with Crippen molar-refractivity contribution in [1.29, 1.82) is 0 Å². The summed E-state index contributed by atoms with van der Waals surface area (Å²) in [6.45, 7) is 2.46. The SMILES string of the molecule is CCS(=O)CCn1c(C2CC2)nc2cccc(C(=O)O)c21. The van der Waals surface area contributed by atoms with E-state index in [4.69, 9.17) is 0 Å². The van der Waals surface area contributed by atoms with Crippen molar-refractivity contribution >= 4 is 27.8 Å². The van der Waals surface area contributed by atoms with Crippen LogP contribution < -0.4 is 0 Å². The van der Waals surface area contributed by atoms with Crippen molar-refractivity contribution < 1.29 is 14.1 Å². The first-order valence-electron chi connectivity index (χ1n) is 7.19. The number of carboxylic acids is 1. The first kappa shape index (κ1) is 14.3. The number of imidazole rings is 1. The maximum atomic E-state index is 11.7. The zero-order chi connectivity index (χ0) is 15.0. The molecule has 1 saturated carbocycles. The number of hydrogen-bond acceptors (Lipinski definition) is 3. The molecule has 0 saturated heterocycles. The van der Waals surface area contributed by atoms with Gasteiger partial charge in [-0.1, -0.05) is 13.0 Å². The molecular formula is C15H18N2O3S. The third kappa shape index (κ3) is 2.72. The van der Waals surface area contributed by atoms with Gasteiger partial charge in [0.1, 0.15) is 5.82 Å². The van der Waals surface area contributed by atoms with Crippen molar-refractivity contribution in [2.45, 2.75) is 32.2 Å². The van der Waals surface area contributed by atoms with Crippen molar-refractivity contribution in [2.24, 2.45) is 0 Å². The fourth-order valence-corrected chi connectivity index (χ4v) is 3.27. The molecule has 1 unspecified atom stereocenters. The minimum absolute atomic E-state index is 0.272. The third-order valence-electron chi connectivity index (χ3n) is 3.83. The molecule has 0 bridgehead atoms. The Labute approximate surface area is 125 Å². The number of aromatic nitrogens is 2. The van der Waals surface area contributed by atoms with Crippen LogP contribution in [0, 0.1) is 0 Å². The molecule has 5 nitrogen and oxygen atoms in total. The second kappa shape index (κ2) is 5.60. The van der Waals surface area contributed by atoms with Gasteiger partial charge in [0.25, 0.3) is 0 Å². The van der Waals surface area contributed by atoms with Crippen LogP contribution in [-0.2, 0) is 17.3 Å². The maximum absolute atomic E-state index is 11.7. The topological polar surface area (TPSA) is 72.2 Å². The van der Waals surface area contributed by atoms with E-state index in [1.807, 2.05) is 17.6 Å². The zero-order valence-electron chi connectivity index (χ0n) is 11.9. The Morgan fingerprint density at radius 1 is 1.48 bits per heavy atom. The van der Waals surface area contributed by atoms with Crippen LogP contribution in [0.2, 0.25) is 0 Å². The highest BCUT2D eigenvalue weighted by Gasteiger charge is 2.30. The summed E-state index contributed by atoms with van der Waals surface area (Å²) in [5, 5.41) is 9.39. The van der Waals surface area contributed by atoms with E-state index in [-0.39, 0.29) is 5.56 Å². The molecule has 1 aliphatic carbocycles. The number of aromatic carboxylic acids is 1. The van der Waals surface area contributed by atoms with Gasteiger partial charge in [0.15, 0.2) is 0 Å². The van der Waals surface area contributed by atoms with Gasteiger partial charge in [-0.05, 0) is 25.0 Å². The molecule has 1 aliphatic rings. The standard InChI is InChI=1S/C15H18N2O3S/c1-2-21(20)9-8-17-13-11(15(18)19)4-3-5-12(13)16-14(17)10-6-7-10/h3-5,10H,2,6-9H2,1H3,(H,18,19). The molecule has 1 aromatic heterocycles. The van der Waals surface area contributed by atoms with Crippen LogP contribution in [0.15, 0.2) is 18.2 Å². The monoisotopic (exact) mass is 306 g/mol. The summed E-state index contributed by atoms with van der Waals surface area (Å²) in [4.78, 5) is 16.1. The zero-order valence-corrected chi connectivity index (χ0v) is 12.7. The van der Waals surface area contributed by atoms with Crippen molar-refractivity contribution in [3.63, 3.8) is 0 Å². The Bertz CT molecular complexity index is 719. The van der Waals surface area contributed by atoms with Crippen LogP contribution in [-0.4, -0.2) is 36.3 Å². The van der Waals surface area contributed by atoms with Crippen LogP contribution in [0.25, 0.3) is 11.0 Å². The highest BCUT2D eigenvalue weighted by atomic mass is 32.2. The van der Waals surface area contributed by atoms with Gasteiger partial charge < -0.3 is 9.67 Å². The fraction of sp³-hybridized carbons (Fsp3) is 0.467. The first-order chi connectivity index (χ1) is 10.1. The van der Waals surface area contributed by atoms with E-state index in [9.17, 15) is 14.1 Å². The summed E-state index contributed by atoms with van der Waals surface area (Å²) >= 11 is 0. The quantitative estimate of drug-likeness (QED) is 0.889. The number of aryl methyl sites for hydroxylation is 1. The molecule has 0 radical (unpaired) electrons. The van der Waals surface area contributed by atoms with Gasteiger partial charge in [-0.2, -0.15) is 0 Å². The lowest BCUT2D eigenvalue weighted by Crippen LogP contribution is -2.13. The van der Waals surface area contributed by atoms with Crippen LogP contribution in [0.1, 0.15) is 41.9 Å². The summed E-state index contributed by atoms with van der Waals surface area (Å²) in [7, 11) is -0.869. The summed E-state index contributed by atoms with van der Waals surface area (Å²) in [6.07, 6.45) is 2.20. The Balaban J connectivity index is 2.10. The molecule has 1 atom stereocenters. The Kier molecular flexibility index (Phi) is 3.80. The van der Waals surface area contributed by atoms with Gasteiger partial charge >= 0.3 is 5.97 Å². The average molecular weight is 306 g/mol. The molecule has 0 aliphatic heterocycles. The molecule has 6 heteroatoms. The average Bonchev–Trinajstić information content (AvgIpc) is 3.25. The van der Waals surface area contributed by atoms with Gasteiger partial charge in [0.2, 0.25) is 0 Å². The number of carboxylic acid groups (broad SMARTS) is 1. The number of rotatable bonds is 6. The lowest BCUT2D eigenvalue weighted by atomic mass is 10.2. The fourth-order valence-electron chi connectivity index (χ4n) is 2.59. The lowest BCUT2D eigenvalue weighted by molar-refractivity contribution is 0.0698. The van der Waals surface area contributed by atoms with Gasteiger partial charge in [0, 0.05) is 34.8 Å².